The van der Waals surface area contributed by atoms with Crippen LogP contribution in [-0.4, -0.2) is 24.4 Å². The minimum Gasteiger partial charge on any atom is -0.385 e. The summed E-state index contributed by atoms with van der Waals surface area (Å²) in [5.41, 5.74) is 4.25. The van der Waals surface area contributed by atoms with E-state index in [1.807, 2.05) is 49.5 Å². The Balaban J connectivity index is 0.00000176. The number of amides is 1. The van der Waals surface area contributed by atoms with Gasteiger partial charge in [0.2, 0.25) is 0 Å². The van der Waals surface area contributed by atoms with Crippen molar-refractivity contribution in [2.24, 2.45) is 0 Å². The van der Waals surface area contributed by atoms with Gasteiger partial charge in [0.25, 0.3) is 5.91 Å². The van der Waals surface area contributed by atoms with Crippen LogP contribution >= 0.6 is 12.4 Å². The predicted octanol–water partition coefficient (Wildman–Crippen LogP) is 3.74. The van der Waals surface area contributed by atoms with Gasteiger partial charge in [-0.15, -0.1) is 12.4 Å². The largest absolute Gasteiger partial charge is 0.385 e. The molecule has 0 aliphatic carbocycles. The van der Waals surface area contributed by atoms with Gasteiger partial charge in [-0.25, -0.2) is 0 Å². The molecule has 2 aromatic rings. The van der Waals surface area contributed by atoms with Gasteiger partial charge in [0.15, 0.2) is 0 Å². The van der Waals surface area contributed by atoms with Crippen LogP contribution in [0.1, 0.15) is 27.9 Å². The molecule has 3 rings (SSSR count). The molecule has 0 radical (unpaired) electrons. The van der Waals surface area contributed by atoms with Gasteiger partial charge in [-0.2, -0.15) is 0 Å². The van der Waals surface area contributed by atoms with Crippen molar-refractivity contribution < 1.29 is 4.79 Å². The van der Waals surface area contributed by atoms with Gasteiger partial charge < -0.3 is 10.2 Å². The standard InChI is InChI=1S/C18H20N2O.ClH/c1-20(13-14-7-3-2-4-8-14)18(21)16-9-5-11-17-15(16)10-6-12-19-17;/h2-5,7-9,11,19H,6,10,12-13H2,1H3;1H. The van der Waals surface area contributed by atoms with E-state index in [9.17, 15) is 4.79 Å². The van der Waals surface area contributed by atoms with Crippen molar-refractivity contribution in [1.29, 1.82) is 0 Å². The average Bonchev–Trinajstić information content (AvgIpc) is 2.54. The molecule has 0 saturated carbocycles. The summed E-state index contributed by atoms with van der Waals surface area (Å²) in [6, 6.07) is 16.0. The van der Waals surface area contributed by atoms with E-state index < -0.39 is 0 Å². The first-order valence-electron chi connectivity index (χ1n) is 7.41. The van der Waals surface area contributed by atoms with Crippen molar-refractivity contribution in [2.45, 2.75) is 19.4 Å². The van der Waals surface area contributed by atoms with Gasteiger partial charge in [-0.3, -0.25) is 4.79 Å². The Morgan fingerprint density at radius 1 is 1.14 bits per heavy atom. The molecule has 1 amide bonds. The number of fused-ring (bicyclic) bond motifs is 1. The van der Waals surface area contributed by atoms with E-state index in [0.29, 0.717) is 6.54 Å². The highest BCUT2D eigenvalue weighted by atomic mass is 35.5. The van der Waals surface area contributed by atoms with Crippen molar-refractivity contribution in [3.05, 3.63) is 65.2 Å². The zero-order valence-corrected chi connectivity index (χ0v) is 13.5. The first kappa shape index (κ1) is 16.4. The lowest BCUT2D eigenvalue weighted by atomic mass is 9.97. The summed E-state index contributed by atoms with van der Waals surface area (Å²) < 4.78 is 0. The van der Waals surface area contributed by atoms with Crippen molar-refractivity contribution in [3.8, 4) is 0 Å². The molecule has 1 N–H and O–H groups in total. The number of rotatable bonds is 3. The van der Waals surface area contributed by atoms with Crippen molar-refractivity contribution >= 4 is 24.0 Å². The first-order chi connectivity index (χ1) is 10.3. The van der Waals surface area contributed by atoms with Gasteiger partial charge in [0.1, 0.15) is 0 Å². The number of halogens is 1. The number of nitrogens with one attached hydrogen (secondary N) is 1. The fourth-order valence-electron chi connectivity index (χ4n) is 2.85. The maximum absolute atomic E-state index is 12.7. The normalized spacial score (nSPS) is 12.6. The quantitative estimate of drug-likeness (QED) is 0.935. The Kier molecular flexibility index (Phi) is 5.45. The van der Waals surface area contributed by atoms with E-state index in [2.05, 4.69) is 11.4 Å². The lowest BCUT2D eigenvalue weighted by Gasteiger charge is -2.23. The summed E-state index contributed by atoms with van der Waals surface area (Å²) >= 11 is 0. The predicted molar refractivity (Wildman–Crippen MR) is 92.7 cm³/mol. The fourth-order valence-corrected chi connectivity index (χ4v) is 2.85. The molecule has 1 heterocycles. The molecular formula is C18H21ClN2O. The summed E-state index contributed by atoms with van der Waals surface area (Å²) in [6.45, 7) is 1.63. The highest BCUT2D eigenvalue weighted by molar-refractivity contribution is 5.97. The van der Waals surface area contributed by atoms with Crippen LogP contribution in [0, 0.1) is 0 Å². The fraction of sp³-hybridized carbons (Fsp3) is 0.278. The third kappa shape index (κ3) is 3.42. The van der Waals surface area contributed by atoms with E-state index in [1.54, 1.807) is 4.90 Å². The highest BCUT2D eigenvalue weighted by Crippen LogP contribution is 2.26. The minimum absolute atomic E-state index is 0. The molecule has 22 heavy (non-hydrogen) atoms. The number of hydrogen-bond donors (Lipinski definition) is 1. The van der Waals surface area contributed by atoms with Crippen LogP contribution < -0.4 is 5.32 Å². The molecular weight excluding hydrogens is 296 g/mol. The Bertz CT molecular complexity index is 643. The number of hydrogen-bond acceptors (Lipinski definition) is 2. The van der Waals surface area contributed by atoms with Crippen LogP contribution in [0.4, 0.5) is 5.69 Å². The van der Waals surface area contributed by atoms with E-state index in [0.717, 1.165) is 41.8 Å². The maximum atomic E-state index is 12.7. The van der Waals surface area contributed by atoms with Crippen LogP contribution in [0.2, 0.25) is 0 Å². The van der Waals surface area contributed by atoms with E-state index >= 15 is 0 Å². The Labute approximate surface area is 137 Å². The monoisotopic (exact) mass is 316 g/mol. The molecule has 0 saturated heterocycles. The molecule has 0 fully saturated rings. The highest BCUT2D eigenvalue weighted by Gasteiger charge is 2.19. The molecule has 0 spiro atoms. The van der Waals surface area contributed by atoms with Gasteiger partial charge in [-0.05, 0) is 36.1 Å². The Morgan fingerprint density at radius 2 is 1.91 bits per heavy atom. The molecule has 3 nitrogen and oxygen atoms in total. The smallest absolute Gasteiger partial charge is 0.254 e. The van der Waals surface area contributed by atoms with E-state index in [-0.39, 0.29) is 18.3 Å². The summed E-state index contributed by atoms with van der Waals surface area (Å²) in [5, 5.41) is 3.38. The van der Waals surface area contributed by atoms with Crippen LogP contribution in [0.15, 0.2) is 48.5 Å². The summed E-state index contributed by atoms with van der Waals surface area (Å²) in [5.74, 6) is 0.0967. The lowest BCUT2D eigenvalue weighted by molar-refractivity contribution is 0.0784. The lowest BCUT2D eigenvalue weighted by Crippen LogP contribution is -2.28. The second-order valence-corrected chi connectivity index (χ2v) is 5.51. The van der Waals surface area contributed by atoms with Gasteiger partial charge >= 0.3 is 0 Å². The molecule has 1 aliphatic rings. The molecule has 0 atom stereocenters. The third-order valence-corrected chi connectivity index (χ3v) is 3.93. The number of carbonyl (C=O) groups is 1. The average molecular weight is 317 g/mol. The molecule has 0 aromatic heterocycles. The molecule has 0 unspecified atom stereocenters. The van der Waals surface area contributed by atoms with Gasteiger partial charge in [0, 0.05) is 31.4 Å². The van der Waals surface area contributed by atoms with Crippen molar-refractivity contribution in [3.63, 3.8) is 0 Å². The van der Waals surface area contributed by atoms with Gasteiger partial charge in [-0.1, -0.05) is 36.4 Å². The molecule has 1 aliphatic heterocycles. The Hall–Kier alpha value is -2.00. The summed E-state index contributed by atoms with van der Waals surface area (Å²) in [4.78, 5) is 14.5. The Morgan fingerprint density at radius 3 is 2.68 bits per heavy atom. The number of carbonyl (C=O) groups excluding carboxylic acids is 1. The van der Waals surface area contributed by atoms with Crippen molar-refractivity contribution in [1.82, 2.24) is 4.90 Å². The third-order valence-electron chi connectivity index (χ3n) is 3.93. The second-order valence-electron chi connectivity index (χ2n) is 5.51. The molecule has 0 bridgehead atoms. The van der Waals surface area contributed by atoms with E-state index in [1.165, 1.54) is 0 Å². The van der Waals surface area contributed by atoms with Crippen LogP contribution in [0.3, 0.4) is 0 Å². The van der Waals surface area contributed by atoms with Crippen LogP contribution in [0.5, 0.6) is 0 Å². The molecule has 116 valence electrons. The number of anilines is 1. The first-order valence-corrected chi connectivity index (χ1v) is 7.41. The maximum Gasteiger partial charge on any atom is 0.254 e. The molecule has 4 heteroatoms. The van der Waals surface area contributed by atoms with Crippen molar-refractivity contribution in [2.75, 3.05) is 18.9 Å². The topological polar surface area (TPSA) is 32.3 Å². The zero-order chi connectivity index (χ0) is 14.7. The second kappa shape index (κ2) is 7.32. The number of nitrogens with zero attached hydrogens (tertiary/aromatic N) is 1. The number of benzene rings is 2. The van der Waals surface area contributed by atoms with Crippen LogP contribution in [-0.2, 0) is 13.0 Å². The van der Waals surface area contributed by atoms with Crippen LogP contribution in [0.25, 0.3) is 0 Å². The SMILES string of the molecule is CN(Cc1ccccc1)C(=O)c1cccc2c1CCCN2.Cl. The molecule has 2 aromatic carbocycles. The minimum atomic E-state index is 0. The van der Waals surface area contributed by atoms with E-state index in [4.69, 9.17) is 0 Å². The summed E-state index contributed by atoms with van der Waals surface area (Å²) in [6.07, 6.45) is 2.06. The summed E-state index contributed by atoms with van der Waals surface area (Å²) in [7, 11) is 1.87. The zero-order valence-electron chi connectivity index (χ0n) is 12.7. The van der Waals surface area contributed by atoms with Gasteiger partial charge in [0.05, 0.1) is 0 Å².